The van der Waals surface area contributed by atoms with Gasteiger partial charge >= 0.3 is 12.0 Å². The fourth-order valence-corrected chi connectivity index (χ4v) is 2.68. The first-order valence-corrected chi connectivity index (χ1v) is 7.95. The van der Waals surface area contributed by atoms with Gasteiger partial charge in [-0.15, -0.1) is 0 Å². The highest BCUT2D eigenvalue weighted by Crippen LogP contribution is 2.35. The molecule has 0 atom stereocenters. The maximum Gasteiger partial charge on any atom is 0.336 e. The molecule has 0 radical (unpaired) electrons. The third-order valence-electron chi connectivity index (χ3n) is 4.29. The summed E-state index contributed by atoms with van der Waals surface area (Å²) in [5, 5.41) is 14.4. The van der Waals surface area contributed by atoms with Crippen molar-refractivity contribution in [1.82, 2.24) is 10.3 Å². The number of pyridine rings is 1. The van der Waals surface area contributed by atoms with Gasteiger partial charge in [-0.1, -0.05) is 30.7 Å². The Balaban J connectivity index is 1.55. The van der Waals surface area contributed by atoms with E-state index in [0.29, 0.717) is 17.3 Å². The summed E-state index contributed by atoms with van der Waals surface area (Å²) >= 11 is 0. The van der Waals surface area contributed by atoms with Crippen LogP contribution in [0.25, 0.3) is 0 Å². The minimum atomic E-state index is -1.01. The van der Waals surface area contributed by atoms with Crippen LogP contribution in [0.1, 0.15) is 46.7 Å². The van der Waals surface area contributed by atoms with Crippen molar-refractivity contribution in [3.63, 3.8) is 0 Å². The standard InChI is InChI=1S/C18H19N3O3/c22-17(23)15-7-2-1-4-14(15)11-20-18(24)21-16-9-8-13(10-19-16)12-5-3-6-12/h1-2,4,7-10,12H,3,5-6,11H2,(H,22,23)(H2,19,20,21,24). The van der Waals surface area contributed by atoms with Crippen LogP contribution in [-0.2, 0) is 6.54 Å². The van der Waals surface area contributed by atoms with Gasteiger partial charge in [-0.2, -0.15) is 0 Å². The first-order valence-electron chi connectivity index (χ1n) is 7.95. The maximum atomic E-state index is 11.9. The maximum absolute atomic E-state index is 11.9. The van der Waals surface area contributed by atoms with E-state index in [0.717, 1.165) is 0 Å². The number of amides is 2. The number of carboxylic acid groups (broad SMARTS) is 1. The van der Waals surface area contributed by atoms with Crippen molar-refractivity contribution in [3.8, 4) is 0 Å². The van der Waals surface area contributed by atoms with Crippen LogP contribution < -0.4 is 10.6 Å². The Bertz CT molecular complexity index is 739. The van der Waals surface area contributed by atoms with Crippen LogP contribution in [0.15, 0.2) is 42.6 Å². The zero-order valence-electron chi connectivity index (χ0n) is 13.2. The first kappa shape index (κ1) is 16.0. The van der Waals surface area contributed by atoms with Crippen molar-refractivity contribution in [2.24, 2.45) is 0 Å². The fraction of sp³-hybridized carbons (Fsp3) is 0.278. The molecule has 2 aromatic rings. The normalized spacial score (nSPS) is 13.8. The molecular formula is C18H19N3O3. The number of hydrogen-bond acceptors (Lipinski definition) is 3. The number of aromatic carboxylic acids is 1. The number of carbonyl (C=O) groups excluding carboxylic acids is 1. The molecule has 3 rings (SSSR count). The van der Waals surface area contributed by atoms with Crippen LogP contribution in [-0.4, -0.2) is 22.1 Å². The molecule has 1 heterocycles. The number of carboxylic acids is 1. The van der Waals surface area contributed by atoms with Crippen molar-refractivity contribution in [3.05, 3.63) is 59.3 Å². The molecule has 124 valence electrons. The van der Waals surface area contributed by atoms with E-state index in [1.165, 1.54) is 30.9 Å². The third-order valence-corrected chi connectivity index (χ3v) is 4.29. The van der Waals surface area contributed by atoms with Gasteiger partial charge in [-0.25, -0.2) is 14.6 Å². The summed E-state index contributed by atoms with van der Waals surface area (Å²) in [6.07, 6.45) is 5.49. The van der Waals surface area contributed by atoms with Gasteiger partial charge in [-0.3, -0.25) is 5.32 Å². The second-order valence-electron chi connectivity index (χ2n) is 5.87. The Kier molecular flexibility index (Phi) is 4.74. The number of nitrogens with one attached hydrogen (secondary N) is 2. The van der Waals surface area contributed by atoms with Crippen LogP contribution in [0.2, 0.25) is 0 Å². The monoisotopic (exact) mass is 325 g/mol. The van der Waals surface area contributed by atoms with Crippen molar-refractivity contribution < 1.29 is 14.7 Å². The molecular weight excluding hydrogens is 306 g/mol. The summed E-state index contributed by atoms with van der Waals surface area (Å²) in [6, 6.07) is 9.94. The number of rotatable bonds is 5. The lowest BCUT2D eigenvalue weighted by molar-refractivity contribution is 0.0695. The van der Waals surface area contributed by atoms with Crippen LogP contribution in [0.4, 0.5) is 10.6 Å². The fourth-order valence-electron chi connectivity index (χ4n) is 2.68. The van der Waals surface area contributed by atoms with Crippen molar-refractivity contribution in [2.45, 2.75) is 31.7 Å². The van der Waals surface area contributed by atoms with Gasteiger partial charge < -0.3 is 10.4 Å². The second kappa shape index (κ2) is 7.12. The van der Waals surface area contributed by atoms with Gasteiger partial charge in [0.15, 0.2) is 0 Å². The molecule has 0 spiro atoms. The van der Waals surface area contributed by atoms with E-state index >= 15 is 0 Å². The second-order valence-corrected chi connectivity index (χ2v) is 5.87. The Morgan fingerprint density at radius 2 is 1.96 bits per heavy atom. The predicted octanol–water partition coefficient (Wildman–Crippen LogP) is 3.37. The molecule has 0 saturated heterocycles. The number of carbonyl (C=O) groups is 2. The number of hydrogen-bond donors (Lipinski definition) is 3. The largest absolute Gasteiger partial charge is 0.478 e. The highest BCUT2D eigenvalue weighted by atomic mass is 16.4. The van der Waals surface area contributed by atoms with Crippen molar-refractivity contribution in [1.29, 1.82) is 0 Å². The van der Waals surface area contributed by atoms with Gasteiger partial charge in [0, 0.05) is 12.7 Å². The van der Waals surface area contributed by atoms with Crippen LogP contribution in [0, 0.1) is 0 Å². The SMILES string of the molecule is O=C(NCc1ccccc1C(=O)O)Nc1ccc(C2CCC2)cn1. The highest BCUT2D eigenvalue weighted by molar-refractivity contribution is 5.90. The number of anilines is 1. The lowest BCUT2D eigenvalue weighted by Crippen LogP contribution is -2.29. The lowest BCUT2D eigenvalue weighted by atomic mass is 9.81. The average Bonchev–Trinajstić information content (AvgIpc) is 2.53. The van der Waals surface area contributed by atoms with Crippen LogP contribution in [0.5, 0.6) is 0 Å². The van der Waals surface area contributed by atoms with Gasteiger partial charge in [0.25, 0.3) is 0 Å². The lowest BCUT2D eigenvalue weighted by Gasteiger charge is -2.25. The summed E-state index contributed by atoms with van der Waals surface area (Å²) in [5.41, 5.74) is 1.94. The minimum Gasteiger partial charge on any atom is -0.478 e. The van der Waals surface area contributed by atoms with Gasteiger partial charge in [0.1, 0.15) is 5.82 Å². The Morgan fingerprint density at radius 1 is 1.17 bits per heavy atom. The summed E-state index contributed by atoms with van der Waals surface area (Å²) < 4.78 is 0. The zero-order valence-corrected chi connectivity index (χ0v) is 13.2. The summed E-state index contributed by atoms with van der Waals surface area (Å²) in [5.74, 6) is 0.0658. The third kappa shape index (κ3) is 3.71. The Hall–Kier alpha value is -2.89. The molecule has 3 N–H and O–H groups in total. The van der Waals surface area contributed by atoms with Crippen molar-refractivity contribution in [2.75, 3.05) is 5.32 Å². The van der Waals surface area contributed by atoms with E-state index < -0.39 is 12.0 Å². The Morgan fingerprint density at radius 3 is 2.58 bits per heavy atom. The molecule has 24 heavy (non-hydrogen) atoms. The summed E-state index contributed by atoms with van der Waals surface area (Å²) in [7, 11) is 0. The molecule has 0 aliphatic heterocycles. The highest BCUT2D eigenvalue weighted by Gasteiger charge is 2.19. The topological polar surface area (TPSA) is 91.3 Å². The van der Waals surface area contributed by atoms with E-state index in [-0.39, 0.29) is 12.1 Å². The molecule has 0 unspecified atom stereocenters. The first-order chi connectivity index (χ1) is 11.6. The smallest absolute Gasteiger partial charge is 0.336 e. The quantitative estimate of drug-likeness (QED) is 0.786. The Labute approximate surface area is 139 Å². The van der Waals surface area contributed by atoms with E-state index in [1.807, 2.05) is 6.07 Å². The molecule has 6 nitrogen and oxygen atoms in total. The van der Waals surface area contributed by atoms with E-state index in [4.69, 9.17) is 5.11 Å². The molecule has 2 amide bonds. The van der Waals surface area contributed by atoms with Crippen LogP contribution >= 0.6 is 0 Å². The molecule has 1 fully saturated rings. The summed E-state index contributed by atoms with van der Waals surface area (Å²) in [4.78, 5) is 27.3. The average molecular weight is 325 g/mol. The minimum absolute atomic E-state index is 0.133. The van der Waals surface area contributed by atoms with Crippen molar-refractivity contribution >= 4 is 17.8 Å². The molecule has 0 bridgehead atoms. The van der Waals surface area contributed by atoms with Gasteiger partial charge in [0.2, 0.25) is 0 Å². The van der Waals surface area contributed by atoms with E-state index in [9.17, 15) is 9.59 Å². The molecule has 1 saturated carbocycles. The summed E-state index contributed by atoms with van der Waals surface area (Å²) in [6.45, 7) is 0.133. The van der Waals surface area contributed by atoms with E-state index in [1.54, 1.807) is 30.5 Å². The molecule has 1 aliphatic rings. The predicted molar refractivity (Wildman–Crippen MR) is 90.1 cm³/mol. The number of aromatic nitrogens is 1. The number of benzene rings is 1. The molecule has 1 aliphatic carbocycles. The van der Waals surface area contributed by atoms with E-state index in [2.05, 4.69) is 15.6 Å². The molecule has 1 aromatic carbocycles. The molecule has 6 heteroatoms. The zero-order chi connectivity index (χ0) is 16.9. The number of nitrogens with zero attached hydrogens (tertiary/aromatic N) is 1. The van der Waals surface area contributed by atoms with Gasteiger partial charge in [0.05, 0.1) is 5.56 Å². The van der Waals surface area contributed by atoms with Gasteiger partial charge in [-0.05, 0) is 42.0 Å². The van der Waals surface area contributed by atoms with Crippen LogP contribution in [0.3, 0.4) is 0 Å². The number of urea groups is 1. The molecule has 1 aromatic heterocycles.